The molecule has 1 saturated heterocycles. The molecule has 0 bridgehead atoms. The summed E-state index contributed by atoms with van der Waals surface area (Å²) in [5.41, 5.74) is 0. The van der Waals surface area contributed by atoms with Gasteiger partial charge in [0.25, 0.3) is 0 Å². The molecule has 0 spiro atoms. The minimum atomic E-state index is -0.408. The second kappa shape index (κ2) is 5.71. The number of hydrogen-bond donors (Lipinski definition) is 2. The Morgan fingerprint density at radius 2 is 2.44 bits per heavy atom. The number of hydrogen-bond acceptors (Lipinski definition) is 3. The third kappa shape index (κ3) is 3.02. The summed E-state index contributed by atoms with van der Waals surface area (Å²) in [5, 5.41) is 5.56. The number of thiophene rings is 1. The standard InChI is InChI=1S/C11H14BrN3O2S/c1-7-10(16)13-4-5-15(7)11(17)14-6-8-2-3-9(12)18-8/h2-3,7H,4-6H2,1H3,(H,13,16)(H,14,17). The quantitative estimate of drug-likeness (QED) is 0.863. The van der Waals surface area contributed by atoms with Crippen molar-refractivity contribution in [2.24, 2.45) is 0 Å². The van der Waals surface area contributed by atoms with E-state index in [1.165, 1.54) is 0 Å². The van der Waals surface area contributed by atoms with E-state index in [1.807, 2.05) is 12.1 Å². The smallest absolute Gasteiger partial charge is 0.318 e. The Hall–Kier alpha value is -1.08. The van der Waals surface area contributed by atoms with Gasteiger partial charge in [-0.3, -0.25) is 4.79 Å². The summed E-state index contributed by atoms with van der Waals surface area (Å²) >= 11 is 4.96. The Labute approximate surface area is 118 Å². The zero-order valence-electron chi connectivity index (χ0n) is 9.90. The van der Waals surface area contributed by atoms with Crippen LogP contribution >= 0.6 is 27.3 Å². The molecule has 0 aromatic carbocycles. The Kier molecular flexibility index (Phi) is 4.23. The molecule has 2 N–H and O–H groups in total. The molecule has 1 atom stereocenters. The van der Waals surface area contributed by atoms with E-state index >= 15 is 0 Å². The molecular formula is C11H14BrN3O2S. The number of piperazine rings is 1. The van der Waals surface area contributed by atoms with Gasteiger partial charge in [0.2, 0.25) is 5.91 Å². The topological polar surface area (TPSA) is 61.4 Å². The molecule has 2 rings (SSSR count). The Morgan fingerprint density at radius 3 is 3.11 bits per heavy atom. The number of amides is 3. The van der Waals surface area contributed by atoms with Crippen LogP contribution in [-0.4, -0.2) is 36.0 Å². The third-order valence-electron chi connectivity index (χ3n) is 2.80. The predicted octanol–water partition coefficient (Wildman–Crippen LogP) is 1.54. The average Bonchev–Trinajstić information content (AvgIpc) is 2.76. The van der Waals surface area contributed by atoms with Crippen molar-refractivity contribution < 1.29 is 9.59 Å². The predicted molar refractivity (Wildman–Crippen MR) is 73.4 cm³/mol. The normalized spacial score (nSPS) is 19.6. The van der Waals surface area contributed by atoms with Crippen molar-refractivity contribution in [2.45, 2.75) is 19.5 Å². The fraction of sp³-hybridized carbons (Fsp3) is 0.455. The van der Waals surface area contributed by atoms with Crippen molar-refractivity contribution in [1.29, 1.82) is 0 Å². The second-order valence-electron chi connectivity index (χ2n) is 4.02. The van der Waals surface area contributed by atoms with Crippen LogP contribution in [-0.2, 0) is 11.3 Å². The van der Waals surface area contributed by atoms with Crippen molar-refractivity contribution in [3.05, 3.63) is 20.8 Å². The molecule has 18 heavy (non-hydrogen) atoms. The molecule has 1 aromatic rings. The highest BCUT2D eigenvalue weighted by atomic mass is 79.9. The van der Waals surface area contributed by atoms with Crippen LogP contribution < -0.4 is 10.6 Å². The van der Waals surface area contributed by atoms with Gasteiger partial charge in [-0.15, -0.1) is 11.3 Å². The van der Waals surface area contributed by atoms with Crippen molar-refractivity contribution in [1.82, 2.24) is 15.5 Å². The fourth-order valence-electron chi connectivity index (χ4n) is 1.77. The molecule has 3 amide bonds. The van der Waals surface area contributed by atoms with Crippen molar-refractivity contribution in [2.75, 3.05) is 13.1 Å². The van der Waals surface area contributed by atoms with Crippen molar-refractivity contribution >= 4 is 39.2 Å². The maximum absolute atomic E-state index is 12.0. The lowest BCUT2D eigenvalue weighted by molar-refractivity contribution is -0.126. The maximum atomic E-state index is 12.0. The molecule has 0 aliphatic carbocycles. The van der Waals surface area contributed by atoms with E-state index in [-0.39, 0.29) is 11.9 Å². The molecule has 5 nitrogen and oxygen atoms in total. The summed E-state index contributed by atoms with van der Waals surface area (Å²) in [7, 11) is 0. The molecule has 1 aliphatic rings. The average molecular weight is 332 g/mol. The maximum Gasteiger partial charge on any atom is 0.318 e. The first kappa shape index (κ1) is 13.4. The molecule has 0 saturated carbocycles. The lowest BCUT2D eigenvalue weighted by Crippen LogP contribution is -2.58. The second-order valence-corrected chi connectivity index (χ2v) is 6.57. The van der Waals surface area contributed by atoms with Gasteiger partial charge in [-0.1, -0.05) is 0 Å². The highest BCUT2D eigenvalue weighted by Gasteiger charge is 2.28. The van der Waals surface area contributed by atoms with Gasteiger partial charge >= 0.3 is 6.03 Å². The first-order valence-electron chi connectivity index (χ1n) is 5.64. The highest BCUT2D eigenvalue weighted by Crippen LogP contribution is 2.21. The molecular weight excluding hydrogens is 318 g/mol. The lowest BCUT2D eigenvalue weighted by Gasteiger charge is -2.32. The van der Waals surface area contributed by atoms with Crippen LogP contribution in [0.3, 0.4) is 0 Å². The minimum Gasteiger partial charge on any atom is -0.353 e. The van der Waals surface area contributed by atoms with Gasteiger partial charge in [-0.05, 0) is 35.0 Å². The van der Waals surface area contributed by atoms with Crippen LogP contribution in [0.4, 0.5) is 4.79 Å². The van der Waals surface area contributed by atoms with Crippen LogP contribution in [0.5, 0.6) is 0 Å². The molecule has 1 unspecified atom stereocenters. The first-order chi connectivity index (χ1) is 8.58. The van der Waals surface area contributed by atoms with Crippen molar-refractivity contribution in [3.8, 4) is 0 Å². The number of halogens is 1. The molecule has 1 aromatic heterocycles. The summed E-state index contributed by atoms with van der Waals surface area (Å²) in [4.78, 5) is 26.0. The van der Waals surface area contributed by atoms with Gasteiger partial charge in [-0.25, -0.2) is 4.79 Å². The molecule has 98 valence electrons. The number of carbonyl (C=O) groups excluding carboxylic acids is 2. The summed E-state index contributed by atoms with van der Waals surface area (Å²) in [6.07, 6.45) is 0. The van der Waals surface area contributed by atoms with E-state index in [0.29, 0.717) is 19.6 Å². The van der Waals surface area contributed by atoms with E-state index in [2.05, 4.69) is 26.6 Å². The molecule has 1 aliphatic heterocycles. The van der Waals surface area contributed by atoms with Crippen LogP contribution in [0.2, 0.25) is 0 Å². The summed E-state index contributed by atoms with van der Waals surface area (Å²) in [6, 6.07) is 3.31. The Bertz CT molecular complexity index is 463. The van der Waals surface area contributed by atoms with Crippen LogP contribution in [0.15, 0.2) is 15.9 Å². The third-order valence-corrected chi connectivity index (χ3v) is 4.43. The highest BCUT2D eigenvalue weighted by molar-refractivity contribution is 9.11. The Morgan fingerprint density at radius 1 is 1.67 bits per heavy atom. The van der Waals surface area contributed by atoms with E-state index < -0.39 is 6.04 Å². The zero-order valence-corrected chi connectivity index (χ0v) is 12.3. The van der Waals surface area contributed by atoms with Gasteiger partial charge < -0.3 is 15.5 Å². The number of rotatable bonds is 2. The largest absolute Gasteiger partial charge is 0.353 e. The minimum absolute atomic E-state index is 0.102. The number of nitrogens with one attached hydrogen (secondary N) is 2. The van der Waals surface area contributed by atoms with Gasteiger partial charge in [0.1, 0.15) is 6.04 Å². The molecule has 2 heterocycles. The lowest BCUT2D eigenvalue weighted by atomic mass is 10.2. The number of carbonyl (C=O) groups is 2. The van der Waals surface area contributed by atoms with Gasteiger partial charge in [0.15, 0.2) is 0 Å². The number of urea groups is 1. The summed E-state index contributed by atoms with van der Waals surface area (Å²) in [6.45, 7) is 3.28. The van der Waals surface area contributed by atoms with E-state index in [4.69, 9.17) is 0 Å². The van der Waals surface area contributed by atoms with Gasteiger partial charge in [0, 0.05) is 18.0 Å². The molecule has 7 heteroatoms. The molecule has 0 radical (unpaired) electrons. The Balaban J connectivity index is 1.89. The van der Waals surface area contributed by atoms with Crippen LogP contribution in [0.25, 0.3) is 0 Å². The first-order valence-corrected chi connectivity index (χ1v) is 7.25. The van der Waals surface area contributed by atoms with Gasteiger partial charge in [-0.2, -0.15) is 0 Å². The summed E-state index contributed by atoms with van der Waals surface area (Å²) < 4.78 is 1.04. The molecule has 1 fully saturated rings. The van der Waals surface area contributed by atoms with Gasteiger partial charge in [0.05, 0.1) is 10.3 Å². The van der Waals surface area contributed by atoms with E-state index in [1.54, 1.807) is 23.2 Å². The van der Waals surface area contributed by atoms with Crippen molar-refractivity contribution in [3.63, 3.8) is 0 Å². The number of nitrogens with zero attached hydrogens (tertiary/aromatic N) is 1. The fourth-order valence-corrected chi connectivity index (χ4v) is 3.19. The van der Waals surface area contributed by atoms with E-state index in [9.17, 15) is 9.59 Å². The monoisotopic (exact) mass is 331 g/mol. The van der Waals surface area contributed by atoms with E-state index in [0.717, 1.165) is 8.66 Å². The van der Waals surface area contributed by atoms with Crippen LogP contribution in [0, 0.1) is 0 Å². The summed E-state index contributed by atoms with van der Waals surface area (Å²) in [5.74, 6) is -0.102. The zero-order chi connectivity index (χ0) is 13.1. The van der Waals surface area contributed by atoms with Crippen LogP contribution in [0.1, 0.15) is 11.8 Å². The SMILES string of the molecule is CC1C(=O)NCCN1C(=O)NCc1ccc(Br)s1.